The lowest BCUT2D eigenvalue weighted by molar-refractivity contribution is 0.0937. The molecule has 8 heteroatoms. The van der Waals surface area contributed by atoms with Gasteiger partial charge in [-0.3, -0.25) is 0 Å². The second-order valence-corrected chi connectivity index (χ2v) is 6.55. The first kappa shape index (κ1) is 20.4. The van der Waals surface area contributed by atoms with Crippen LogP contribution in [-0.2, 0) is 17.8 Å². The van der Waals surface area contributed by atoms with Gasteiger partial charge >= 0.3 is 0 Å². The molecular formula is C20H22ClFN4O2. The molecule has 0 amide bonds. The largest absolute Gasteiger partial charge is 0.394 e. The molecule has 28 heavy (non-hydrogen) atoms. The van der Waals surface area contributed by atoms with Crippen LogP contribution in [0.25, 0.3) is 11.3 Å². The number of nitrogens with one attached hydrogen (secondary N) is 1. The average Bonchev–Trinajstić information content (AvgIpc) is 3.10. The molecule has 2 N–H and O–H groups in total. The minimum absolute atomic E-state index is 0.0123. The average molecular weight is 405 g/mol. The normalized spacial score (nSPS) is 11.1. The van der Waals surface area contributed by atoms with E-state index in [0.29, 0.717) is 37.9 Å². The Bertz CT molecular complexity index is 889. The van der Waals surface area contributed by atoms with E-state index in [-0.39, 0.29) is 12.4 Å². The first-order valence-electron chi connectivity index (χ1n) is 9.00. The number of halogens is 2. The Hall–Kier alpha value is -2.32. The molecule has 2 aromatic carbocycles. The lowest BCUT2D eigenvalue weighted by atomic mass is 10.1. The maximum atomic E-state index is 13.3. The van der Waals surface area contributed by atoms with Crippen molar-refractivity contribution in [2.24, 2.45) is 0 Å². The minimum atomic E-state index is -0.375. The molecule has 0 aliphatic carbocycles. The molecular weight excluding hydrogens is 383 g/mol. The highest BCUT2D eigenvalue weighted by Crippen LogP contribution is 2.22. The lowest BCUT2D eigenvalue weighted by Gasteiger charge is -2.05. The lowest BCUT2D eigenvalue weighted by Crippen LogP contribution is -2.20. The first-order valence-corrected chi connectivity index (χ1v) is 9.38. The third kappa shape index (κ3) is 5.59. The molecule has 0 aliphatic heterocycles. The van der Waals surface area contributed by atoms with Crippen molar-refractivity contribution in [1.82, 2.24) is 20.3 Å². The molecule has 148 valence electrons. The molecule has 0 aliphatic rings. The maximum absolute atomic E-state index is 13.3. The number of ether oxygens (including phenoxy) is 1. The van der Waals surface area contributed by atoms with Gasteiger partial charge in [0.2, 0.25) is 0 Å². The third-order valence-electron chi connectivity index (χ3n) is 4.05. The van der Waals surface area contributed by atoms with Gasteiger partial charge in [-0.2, -0.15) is 15.0 Å². The summed E-state index contributed by atoms with van der Waals surface area (Å²) >= 11 is 6.13. The molecule has 0 fully saturated rings. The molecule has 3 rings (SSSR count). The predicted octanol–water partition coefficient (Wildman–Crippen LogP) is 2.88. The Morgan fingerprint density at radius 3 is 2.68 bits per heavy atom. The molecule has 0 unspecified atom stereocenters. The topological polar surface area (TPSA) is 72.2 Å². The summed E-state index contributed by atoms with van der Waals surface area (Å²) in [4.78, 5) is 1.57. The van der Waals surface area contributed by atoms with Crippen molar-refractivity contribution in [2.45, 2.75) is 13.1 Å². The molecule has 0 atom stereocenters. The van der Waals surface area contributed by atoms with Crippen LogP contribution in [0.15, 0.2) is 48.5 Å². The number of nitrogens with zero attached hydrogens (tertiary/aromatic N) is 3. The second-order valence-electron chi connectivity index (χ2n) is 6.14. The van der Waals surface area contributed by atoms with Gasteiger partial charge in [0.05, 0.1) is 26.4 Å². The van der Waals surface area contributed by atoms with Gasteiger partial charge < -0.3 is 15.2 Å². The Morgan fingerprint density at radius 2 is 1.93 bits per heavy atom. The summed E-state index contributed by atoms with van der Waals surface area (Å²) in [5.41, 5.74) is 3.29. The van der Waals surface area contributed by atoms with Crippen LogP contribution in [0.4, 0.5) is 4.39 Å². The molecule has 0 spiro atoms. The van der Waals surface area contributed by atoms with Gasteiger partial charge in [-0.25, -0.2) is 4.39 Å². The van der Waals surface area contributed by atoms with E-state index in [1.54, 1.807) is 10.9 Å². The van der Waals surface area contributed by atoms with Crippen molar-refractivity contribution < 1.29 is 14.2 Å². The van der Waals surface area contributed by atoms with Crippen LogP contribution in [0.3, 0.4) is 0 Å². The summed E-state index contributed by atoms with van der Waals surface area (Å²) in [6.07, 6.45) is 0. The molecule has 1 heterocycles. The Kier molecular flexibility index (Phi) is 7.50. The predicted molar refractivity (Wildman–Crippen MR) is 106 cm³/mol. The molecule has 6 nitrogen and oxygen atoms in total. The van der Waals surface area contributed by atoms with Crippen LogP contribution in [0.2, 0.25) is 5.02 Å². The van der Waals surface area contributed by atoms with Crippen molar-refractivity contribution in [3.63, 3.8) is 0 Å². The summed E-state index contributed by atoms with van der Waals surface area (Å²) in [5.74, 6) is -0.375. The fraction of sp³-hybridized carbons (Fsp3) is 0.300. The quantitative estimate of drug-likeness (QED) is 0.508. The highest BCUT2D eigenvalue weighted by Gasteiger charge is 2.14. The molecule has 0 bridgehead atoms. The zero-order valence-corrected chi connectivity index (χ0v) is 16.1. The summed E-state index contributed by atoms with van der Waals surface area (Å²) in [6, 6.07) is 14.1. The molecule has 3 aromatic rings. The zero-order valence-electron chi connectivity index (χ0n) is 15.3. The van der Waals surface area contributed by atoms with Gasteiger partial charge in [0, 0.05) is 23.7 Å². The highest BCUT2D eigenvalue weighted by atomic mass is 35.5. The fourth-order valence-electron chi connectivity index (χ4n) is 2.71. The van der Waals surface area contributed by atoms with Crippen molar-refractivity contribution in [3.8, 4) is 11.3 Å². The number of aliphatic hydroxyl groups is 1. The van der Waals surface area contributed by atoms with Gasteiger partial charge in [0.15, 0.2) is 0 Å². The van der Waals surface area contributed by atoms with Gasteiger partial charge in [0.25, 0.3) is 0 Å². The van der Waals surface area contributed by atoms with Crippen LogP contribution in [0.5, 0.6) is 0 Å². The van der Waals surface area contributed by atoms with Crippen molar-refractivity contribution in [1.29, 1.82) is 0 Å². The van der Waals surface area contributed by atoms with Crippen LogP contribution < -0.4 is 5.32 Å². The van der Waals surface area contributed by atoms with Crippen LogP contribution in [-0.4, -0.2) is 46.5 Å². The van der Waals surface area contributed by atoms with Crippen molar-refractivity contribution in [3.05, 3.63) is 70.6 Å². The summed E-state index contributed by atoms with van der Waals surface area (Å²) in [5, 5.41) is 21.5. The summed E-state index contributed by atoms with van der Waals surface area (Å²) in [7, 11) is 0. The Balaban J connectivity index is 1.75. The van der Waals surface area contributed by atoms with Crippen LogP contribution in [0.1, 0.15) is 11.3 Å². The zero-order chi connectivity index (χ0) is 19.8. The summed E-state index contributed by atoms with van der Waals surface area (Å²) in [6.45, 7) is 2.33. The number of hydrogen-bond donors (Lipinski definition) is 2. The van der Waals surface area contributed by atoms with Crippen molar-refractivity contribution in [2.75, 3.05) is 26.4 Å². The Morgan fingerprint density at radius 1 is 1.11 bits per heavy atom. The number of hydrogen-bond acceptors (Lipinski definition) is 5. The van der Waals surface area contributed by atoms with Gasteiger partial charge in [-0.15, -0.1) is 0 Å². The van der Waals surface area contributed by atoms with Gasteiger partial charge in [-0.1, -0.05) is 48.0 Å². The van der Waals surface area contributed by atoms with E-state index in [2.05, 4.69) is 15.5 Å². The number of rotatable bonds is 10. The summed E-state index contributed by atoms with van der Waals surface area (Å²) < 4.78 is 18.5. The van der Waals surface area contributed by atoms with Crippen molar-refractivity contribution >= 4 is 11.6 Å². The van der Waals surface area contributed by atoms with E-state index >= 15 is 0 Å². The number of benzene rings is 2. The van der Waals surface area contributed by atoms with Gasteiger partial charge in [-0.05, 0) is 17.7 Å². The molecule has 1 aromatic heterocycles. The molecule has 0 radical (unpaired) electrons. The second kappa shape index (κ2) is 10.3. The minimum Gasteiger partial charge on any atom is -0.394 e. The highest BCUT2D eigenvalue weighted by molar-refractivity contribution is 6.31. The van der Waals surface area contributed by atoms with E-state index in [1.807, 2.05) is 30.3 Å². The maximum Gasteiger partial charge on any atom is 0.124 e. The van der Waals surface area contributed by atoms with E-state index in [4.69, 9.17) is 21.4 Å². The van der Waals surface area contributed by atoms with Crippen LogP contribution in [0, 0.1) is 5.82 Å². The van der Waals surface area contributed by atoms with E-state index in [9.17, 15) is 4.39 Å². The van der Waals surface area contributed by atoms with E-state index in [1.165, 1.54) is 12.1 Å². The SMILES string of the molecule is OCCOCCNCc1nn(Cc2ccc(F)cc2Cl)nc1-c1ccccc1. The van der Waals surface area contributed by atoms with Crippen LogP contribution >= 0.6 is 11.6 Å². The monoisotopic (exact) mass is 404 g/mol. The number of aliphatic hydroxyl groups excluding tert-OH is 1. The van der Waals surface area contributed by atoms with E-state index in [0.717, 1.165) is 22.5 Å². The van der Waals surface area contributed by atoms with E-state index < -0.39 is 0 Å². The molecule has 0 saturated heterocycles. The standard InChI is InChI=1S/C20H22ClFN4O2/c21-18-12-17(22)7-6-16(18)14-26-24-19(13-23-8-10-28-11-9-27)20(25-26)15-4-2-1-3-5-15/h1-7,12,23,27H,8-11,13-14H2. The number of aromatic nitrogens is 3. The molecule has 0 saturated carbocycles. The van der Waals surface area contributed by atoms with Gasteiger partial charge in [0.1, 0.15) is 17.2 Å². The fourth-order valence-corrected chi connectivity index (χ4v) is 2.94. The third-order valence-corrected chi connectivity index (χ3v) is 4.40. The Labute approximate surface area is 167 Å². The smallest absolute Gasteiger partial charge is 0.124 e. The first-order chi connectivity index (χ1) is 13.7.